The van der Waals surface area contributed by atoms with Crippen LogP contribution in [0.25, 0.3) is 10.9 Å². The number of rotatable bonds is 6. The van der Waals surface area contributed by atoms with Crippen molar-refractivity contribution < 1.29 is 14.6 Å². The largest absolute Gasteiger partial charge is 0.491 e. The lowest BCUT2D eigenvalue weighted by atomic mass is 10.2. The number of nitrogens with two attached hydrogens (primary N) is 1. The molecule has 28 heavy (non-hydrogen) atoms. The third-order valence-corrected chi connectivity index (χ3v) is 4.70. The van der Waals surface area contributed by atoms with Crippen LogP contribution in [0.5, 0.6) is 5.75 Å². The second-order valence-corrected chi connectivity index (χ2v) is 6.80. The number of carboxylic acids is 1. The first-order valence-corrected chi connectivity index (χ1v) is 9.56. The molecule has 8 nitrogen and oxygen atoms in total. The number of benzene rings is 1. The highest BCUT2D eigenvalue weighted by atomic mass is 16.5. The highest BCUT2D eigenvalue weighted by molar-refractivity contribution is 5.83. The summed E-state index contributed by atoms with van der Waals surface area (Å²) in [5.74, 6) is -0.0703. The quantitative estimate of drug-likeness (QED) is 0.673. The Morgan fingerprint density at radius 1 is 1.29 bits per heavy atom. The molecule has 4 N–H and O–H groups in total. The van der Waals surface area contributed by atoms with Crippen LogP contribution >= 0.6 is 0 Å². The summed E-state index contributed by atoms with van der Waals surface area (Å²) in [6.07, 6.45) is 2.59. The van der Waals surface area contributed by atoms with Crippen molar-refractivity contribution in [3.63, 3.8) is 0 Å². The predicted molar refractivity (Wildman–Crippen MR) is 110 cm³/mol. The zero-order chi connectivity index (χ0) is 20.5. The van der Waals surface area contributed by atoms with Gasteiger partial charge in [-0.1, -0.05) is 13.0 Å². The van der Waals surface area contributed by atoms with Crippen molar-refractivity contribution in [1.82, 2.24) is 14.8 Å². The molecule has 1 aromatic carbocycles. The monoisotopic (exact) mass is 390 g/mol. The van der Waals surface area contributed by atoms with Gasteiger partial charge in [0.05, 0.1) is 12.1 Å². The van der Waals surface area contributed by atoms with Gasteiger partial charge in [-0.3, -0.25) is 14.5 Å². The van der Waals surface area contributed by atoms with Gasteiger partial charge in [0.15, 0.2) is 5.43 Å². The Labute approximate surface area is 164 Å². The highest BCUT2D eigenvalue weighted by Crippen LogP contribution is 2.20. The molecule has 2 heterocycles. The molecule has 1 atom stereocenters. The Bertz CT molecular complexity index is 815. The number of aromatic amines is 1. The van der Waals surface area contributed by atoms with E-state index in [1.54, 1.807) is 12.3 Å². The number of para-hydroxylation sites is 1. The van der Waals surface area contributed by atoms with Crippen molar-refractivity contribution >= 4 is 16.9 Å². The fraction of sp³-hybridized carbons (Fsp3) is 0.500. The van der Waals surface area contributed by atoms with E-state index >= 15 is 0 Å². The van der Waals surface area contributed by atoms with Crippen LogP contribution in [0.2, 0.25) is 0 Å². The Morgan fingerprint density at radius 3 is 2.61 bits per heavy atom. The Balaban J connectivity index is 0.000000203. The lowest BCUT2D eigenvalue weighted by molar-refractivity contribution is -0.143. The molecule has 0 saturated carbocycles. The molecular weight excluding hydrogens is 360 g/mol. The number of carboxylic acid groups (broad SMARTS) is 1. The lowest BCUT2D eigenvalue weighted by Gasteiger charge is -2.35. The molecule has 154 valence electrons. The zero-order valence-corrected chi connectivity index (χ0v) is 16.6. The first-order chi connectivity index (χ1) is 13.5. The van der Waals surface area contributed by atoms with E-state index in [-0.39, 0.29) is 12.0 Å². The Kier molecular flexibility index (Phi) is 8.43. The average Bonchev–Trinajstić information content (AvgIpc) is 2.69. The smallest absolute Gasteiger partial charge is 0.322 e. The maximum Gasteiger partial charge on any atom is 0.322 e. The summed E-state index contributed by atoms with van der Waals surface area (Å²) >= 11 is 0. The molecule has 0 bridgehead atoms. The van der Waals surface area contributed by atoms with Gasteiger partial charge in [-0.05, 0) is 25.6 Å². The number of likely N-dealkylation sites (N-methyl/N-ethyl adjacent to an activating group) is 1. The SMILES string of the molecule is CCCOc1cccc2c(=O)cc[nH]c12.CN1CCN(C(CN)C(=O)O)CC1. The molecule has 0 spiro atoms. The van der Waals surface area contributed by atoms with Crippen molar-refractivity contribution in [1.29, 1.82) is 0 Å². The van der Waals surface area contributed by atoms with Crippen molar-refractivity contribution in [3.05, 3.63) is 40.7 Å². The summed E-state index contributed by atoms with van der Waals surface area (Å²) in [6, 6.07) is 6.52. The minimum absolute atomic E-state index is 0.0192. The van der Waals surface area contributed by atoms with Gasteiger partial charge < -0.3 is 25.5 Å². The van der Waals surface area contributed by atoms with Crippen molar-refractivity contribution in [2.45, 2.75) is 19.4 Å². The van der Waals surface area contributed by atoms with E-state index in [9.17, 15) is 9.59 Å². The van der Waals surface area contributed by atoms with Crippen LogP contribution in [0.3, 0.4) is 0 Å². The zero-order valence-electron chi connectivity index (χ0n) is 16.6. The van der Waals surface area contributed by atoms with Crippen molar-refractivity contribution in [3.8, 4) is 5.75 Å². The van der Waals surface area contributed by atoms with Crippen LogP contribution in [0.4, 0.5) is 0 Å². The Hall–Kier alpha value is -2.42. The van der Waals surface area contributed by atoms with E-state index in [4.69, 9.17) is 15.6 Å². The topological polar surface area (TPSA) is 112 Å². The van der Waals surface area contributed by atoms with Gasteiger partial charge in [-0.25, -0.2) is 0 Å². The number of nitrogens with one attached hydrogen (secondary N) is 1. The second-order valence-electron chi connectivity index (χ2n) is 6.80. The molecule has 3 rings (SSSR count). The third-order valence-electron chi connectivity index (χ3n) is 4.70. The number of ether oxygens (including phenoxy) is 1. The molecular formula is C20H30N4O4. The van der Waals surface area contributed by atoms with E-state index in [0.717, 1.165) is 43.9 Å². The van der Waals surface area contributed by atoms with Crippen molar-refractivity contribution in [2.75, 3.05) is 46.4 Å². The van der Waals surface area contributed by atoms with Gasteiger partial charge in [-0.15, -0.1) is 0 Å². The molecule has 1 aromatic heterocycles. The number of aliphatic carboxylic acids is 1. The number of nitrogens with zero attached hydrogens (tertiary/aromatic N) is 2. The first kappa shape index (κ1) is 21.9. The van der Waals surface area contributed by atoms with E-state index in [2.05, 4.69) is 9.88 Å². The van der Waals surface area contributed by atoms with Crippen LogP contribution in [0.15, 0.2) is 35.3 Å². The number of H-pyrrole nitrogens is 1. The number of fused-ring (bicyclic) bond motifs is 1. The summed E-state index contributed by atoms with van der Waals surface area (Å²) in [6.45, 7) is 6.34. The van der Waals surface area contributed by atoms with Crippen molar-refractivity contribution in [2.24, 2.45) is 5.73 Å². The van der Waals surface area contributed by atoms with Crippen LogP contribution in [-0.4, -0.2) is 78.3 Å². The molecule has 1 saturated heterocycles. The summed E-state index contributed by atoms with van der Waals surface area (Å²) in [7, 11) is 2.04. The van der Waals surface area contributed by atoms with Crippen LogP contribution in [0, 0.1) is 0 Å². The molecule has 1 unspecified atom stereocenters. The maximum atomic E-state index is 11.5. The van der Waals surface area contributed by atoms with E-state index in [1.165, 1.54) is 6.07 Å². The summed E-state index contributed by atoms with van der Waals surface area (Å²) in [4.78, 5) is 29.5. The standard InChI is InChI=1S/C12H13NO2.C8H17N3O2/c1-2-8-15-11-5-3-4-9-10(14)6-7-13-12(9)11;1-10-2-4-11(5-3-10)7(6-9)8(12)13/h3-7H,2,8H2,1H3,(H,13,14);7H,2-6,9H2,1H3,(H,12,13). The fourth-order valence-electron chi connectivity index (χ4n) is 3.05. The fourth-order valence-corrected chi connectivity index (χ4v) is 3.05. The number of piperazine rings is 1. The minimum Gasteiger partial charge on any atom is -0.491 e. The molecule has 0 aliphatic carbocycles. The Morgan fingerprint density at radius 2 is 2.00 bits per heavy atom. The van der Waals surface area contributed by atoms with Gasteiger partial charge in [0.25, 0.3) is 0 Å². The summed E-state index contributed by atoms with van der Waals surface area (Å²) in [5, 5.41) is 9.53. The number of hydrogen-bond acceptors (Lipinski definition) is 6. The normalized spacial score (nSPS) is 16.2. The number of hydrogen-bond donors (Lipinski definition) is 3. The maximum absolute atomic E-state index is 11.5. The van der Waals surface area contributed by atoms with Crippen LogP contribution in [0.1, 0.15) is 13.3 Å². The molecule has 1 aliphatic rings. The first-order valence-electron chi connectivity index (χ1n) is 9.56. The molecule has 2 aromatic rings. The van der Waals surface area contributed by atoms with Gasteiger partial charge in [0.1, 0.15) is 11.8 Å². The van der Waals surface area contributed by atoms with E-state index < -0.39 is 12.0 Å². The number of carbonyl (C=O) groups is 1. The summed E-state index contributed by atoms with van der Waals surface area (Å²) in [5.41, 5.74) is 6.20. The summed E-state index contributed by atoms with van der Waals surface area (Å²) < 4.78 is 5.55. The molecule has 0 radical (unpaired) electrons. The molecule has 0 amide bonds. The highest BCUT2D eigenvalue weighted by Gasteiger charge is 2.26. The van der Waals surface area contributed by atoms with Crippen LogP contribution < -0.4 is 15.9 Å². The van der Waals surface area contributed by atoms with Crippen LogP contribution in [-0.2, 0) is 4.79 Å². The third kappa shape index (κ3) is 5.79. The van der Waals surface area contributed by atoms with Gasteiger partial charge in [-0.2, -0.15) is 0 Å². The lowest BCUT2D eigenvalue weighted by Crippen LogP contribution is -2.54. The predicted octanol–water partition coefficient (Wildman–Crippen LogP) is 0.963. The second kappa shape index (κ2) is 10.8. The van der Waals surface area contributed by atoms with E-state index in [0.29, 0.717) is 12.0 Å². The van der Waals surface area contributed by atoms with Gasteiger partial charge in [0.2, 0.25) is 0 Å². The minimum atomic E-state index is -0.813. The molecule has 8 heteroatoms. The molecule has 1 aliphatic heterocycles. The van der Waals surface area contributed by atoms with E-state index in [1.807, 2.05) is 31.0 Å². The average molecular weight is 390 g/mol. The number of aromatic nitrogens is 1. The molecule has 1 fully saturated rings. The van der Waals surface area contributed by atoms with Gasteiger partial charge in [0, 0.05) is 50.4 Å². The van der Waals surface area contributed by atoms with Gasteiger partial charge >= 0.3 is 5.97 Å². The number of pyridine rings is 1.